The van der Waals surface area contributed by atoms with E-state index in [2.05, 4.69) is 5.32 Å². The van der Waals surface area contributed by atoms with Gasteiger partial charge in [0.05, 0.1) is 0 Å². The van der Waals surface area contributed by atoms with Crippen molar-refractivity contribution in [3.63, 3.8) is 0 Å². The lowest BCUT2D eigenvalue weighted by atomic mass is 9.93. The number of rotatable bonds is 2. The van der Waals surface area contributed by atoms with Crippen molar-refractivity contribution < 1.29 is 19.1 Å². The minimum absolute atomic E-state index is 0.373. The van der Waals surface area contributed by atoms with Crippen molar-refractivity contribution in [2.75, 3.05) is 0 Å². The van der Waals surface area contributed by atoms with Crippen LogP contribution in [0.1, 0.15) is 72.6 Å². The highest BCUT2D eigenvalue weighted by molar-refractivity contribution is 5.70. The van der Waals surface area contributed by atoms with Gasteiger partial charge in [-0.15, -0.1) is 0 Å². The highest BCUT2D eigenvalue weighted by Crippen LogP contribution is 2.28. The number of hydrogen-bond donors (Lipinski definition) is 1. The molecule has 5 nitrogen and oxygen atoms in total. The Kier molecular flexibility index (Phi) is 5.84. The van der Waals surface area contributed by atoms with Crippen molar-refractivity contribution in [3.8, 4) is 0 Å². The minimum atomic E-state index is -0.908. The minimum Gasteiger partial charge on any atom is -0.444 e. The topological polar surface area (TPSA) is 64.6 Å². The largest absolute Gasteiger partial charge is 0.444 e. The van der Waals surface area contributed by atoms with Crippen molar-refractivity contribution in [3.05, 3.63) is 0 Å². The van der Waals surface area contributed by atoms with E-state index < -0.39 is 17.4 Å². The first kappa shape index (κ1) is 16.8. The first-order valence-corrected chi connectivity index (χ1v) is 7.43. The van der Waals surface area contributed by atoms with E-state index in [-0.39, 0.29) is 5.97 Å². The van der Waals surface area contributed by atoms with Crippen LogP contribution in [0.3, 0.4) is 0 Å². The molecule has 0 aromatic carbocycles. The maximum atomic E-state index is 12.0. The molecule has 1 aliphatic carbocycles. The summed E-state index contributed by atoms with van der Waals surface area (Å²) in [6.07, 6.45) is 6.02. The number of hydrogen-bond acceptors (Lipinski definition) is 4. The molecule has 116 valence electrons. The molecule has 1 amide bonds. The Morgan fingerprint density at radius 1 is 1.00 bits per heavy atom. The summed E-state index contributed by atoms with van der Waals surface area (Å²) in [5.41, 5.74) is -1.47. The van der Waals surface area contributed by atoms with Gasteiger partial charge in [0.2, 0.25) is 0 Å². The lowest BCUT2D eigenvalue weighted by Crippen LogP contribution is -2.53. The summed E-state index contributed by atoms with van der Waals surface area (Å²) in [7, 11) is 0. The van der Waals surface area contributed by atoms with Crippen LogP contribution in [0.25, 0.3) is 0 Å². The average Bonchev–Trinajstić information content (AvgIpc) is 2.20. The van der Waals surface area contributed by atoms with Gasteiger partial charge in [-0.2, -0.15) is 0 Å². The summed E-state index contributed by atoms with van der Waals surface area (Å²) in [6.45, 7) is 6.80. The molecule has 1 rings (SSSR count). The lowest BCUT2D eigenvalue weighted by molar-refractivity contribution is -0.163. The smallest absolute Gasteiger partial charge is 0.410 e. The normalized spacial score (nSPS) is 19.4. The quantitative estimate of drug-likeness (QED) is 0.623. The second kappa shape index (κ2) is 6.95. The predicted molar refractivity (Wildman–Crippen MR) is 76.2 cm³/mol. The molecule has 0 radical (unpaired) electrons. The van der Waals surface area contributed by atoms with Crippen LogP contribution in [0.4, 0.5) is 4.79 Å². The molecule has 1 N–H and O–H groups in total. The summed E-state index contributed by atoms with van der Waals surface area (Å²) in [6, 6.07) is 0. The number of carbonyl (C=O) groups is 2. The number of carbonyl (C=O) groups excluding carboxylic acids is 2. The van der Waals surface area contributed by atoms with Crippen LogP contribution >= 0.6 is 0 Å². The van der Waals surface area contributed by atoms with Gasteiger partial charge in [-0.1, -0.05) is 19.3 Å². The molecule has 0 saturated heterocycles. The summed E-state index contributed by atoms with van der Waals surface area (Å²) in [4.78, 5) is 23.4. The number of esters is 1. The maximum Gasteiger partial charge on any atom is 0.410 e. The Hall–Kier alpha value is -1.26. The van der Waals surface area contributed by atoms with E-state index in [1.165, 1.54) is 13.3 Å². The third-order valence-electron chi connectivity index (χ3n) is 3.23. The summed E-state index contributed by atoms with van der Waals surface area (Å²) < 4.78 is 10.7. The molecule has 5 heteroatoms. The Bertz CT molecular complexity index is 338. The zero-order chi connectivity index (χ0) is 15.2. The third-order valence-corrected chi connectivity index (χ3v) is 3.23. The van der Waals surface area contributed by atoms with E-state index in [1.807, 2.05) is 20.8 Å². The molecule has 1 saturated carbocycles. The van der Waals surface area contributed by atoms with E-state index in [0.29, 0.717) is 12.8 Å². The molecule has 1 fully saturated rings. The van der Waals surface area contributed by atoms with Gasteiger partial charge in [0.15, 0.2) is 5.72 Å². The molecule has 0 bridgehead atoms. The Morgan fingerprint density at radius 2 is 1.50 bits per heavy atom. The highest BCUT2D eigenvalue weighted by Gasteiger charge is 2.36. The van der Waals surface area contributed by atoms with Crippen molar-refractivity contribution in [2.45, 2.75) is 84.0 Å². The molecular formula is C15H27NO4. The van der Waals surface area contributed by atoms with E-state index in [4.69, 9.17) is 9.47 Å². The second-order valence-electron chi connectivity index (χ2n) is 6.48. The van der Waals surface area contributed by atoms with Gasteiger partial charge >= 0.3 is 12.1 Å². The molecule has 0 heterocycles. The van der Waals surface area contributed by atoms with Crippen LogP contribution in [0.2, 0.25) is 0 Å². The number of nitrogens with one attached hydrogen (secondary N) is 1. The Balaban J connectivity index is 2.75. The van der Waals surface area contributed by atoms with Crippen LogP contribution in [0.5, 0.6) is 0 Å². The first-order valence-electron chi connectivity index (χ1n) is 7.43. The fraction of sp³-hybridized carbons (Fsp3) is 0.867. The predicted octanol–water partition coefficient (Wildman–Crippen LogP) is 3.51. The van der Waals surface area contributed by atoms with Gasteiger partial charge in [-0.25, -0.2) is 4.79 Å². The monoisotopic (exact) mass is 285 g/mol. The highest BCUT2D eigenvalue weighted by atomic mass is 16.6. The van der Waals surface area contributed by atoms with Crippen molar-refractivity contribution >= 4 is 12.1 Å². The molecule has 0 aliphatic heterocycles. The fourth-order valence-corrected chi connectivity index (χ4v) is 2.49. The van der Waals surface area contributed by atoms with Crippen molar-refractivity contribution in [1.82, 2.24) is 5.32 Å². The van der Waals surface area contributed by atoms with Crippen molar-refractivity contribution in [2.24, 2.45) is 0 Å². The van der Waals surface area contributed by atoms with Gasteiger partial charge in [0.25, 0.3) is 0 Å². The van der Waals surface area contributed by atoms with Crippen LogP contribution in [-0.2, 0) is 14.3 Å². The second-order valence-corrected chi connectivity index (χ2v) is 6.48. The molecule has 0 atom stereocenters. The van der Waals surface area contributed by atoms with Crippen molar-refractivity contribution in [1.29, 1.82) is 0 Å². The third kappa shape index (κ3) is 6.26. The van der Waals surface area contributed by atoms with Gasteiger partial charge in [0, 0.05) is 19.8 Å². The van der Waals surface area contributed by atoms with Gasteiger partial charge < -0.3 is 9.47 Å². The number of amides is 1. The van der Waals surface area contributed by atoms with E-state index in [0.717, 1.165) is 25.7 Å². The summed E-state index contributed by atoms with van der Waals surface area (Å²) in [5, 5.41) is 2.78. The summed E-state index contributed by atoms with van der Waals surface area (Å²) >= 11 is 0. The zero-order valence-corrected chi connectivity index (χ0v) is 13.1. The molecule has 0 aromatic rings. The molecule has 1 aliphatic rings. The Morgan fingerprint density at radius 3 is 1.95 bits per heavy atom. The van der Waals surface area contributed by atoms with Crippen LogP contribution in [0, 0.1) is 0 Å². The van der Waals surface area contributed by atoms with E-state index in [1.54, 1.807) is 0 Å². The SMILES string of the molecule is CC(=O)OC1(NC(=O)OC(C)(C)C)CCCCCCC1. The average molecular weight is 285 g/mol. The van der Waals surface area contributed by atoms with Gasteiger partial charge in [-0.05, 0) is 33.6 Å². The van der Waals surface area contributed by atoms with E-state index in [9.17, 15) is 9.59 Å². The standard InChI is InChI=1S/C15H27NO4/c1-12(17)19-15(10-8-6-5-7-9-11-15)16-13(18)20-14(2,3)4/h5-11H2,1-4H3,(H,16,18). The molecular weight excluding hydrogens is 258 g/mol. The molecule has 0 aromatic heterocycles. The maximum absolute atomic E-state index is 12.0. The molecule has 0 unspecified atom stereocenters. The van der Waals surface area contributed by atoms with Gasteiger partial charge in [0.1, 0.15) is 5.60 Å². The van der Waals surface area contributed by atoms with Gasteiger partial charge in [-0.3, -0.25) is 10.1 Å². The lowest BCUT2D eigenvalue weighted by Gasteiger charge is -2.35. The van der Waals surface area contributed by atoms with Crippen LogP contribution < -0.4 is 5.32 Å². The molecule has 0 spiro atoms. The van der Waals surface area contributed by atoms with Crippen LogP contribution in [-0.4, -0.2) is 23.4 Å². The van der Waals surface area contributed by atoms with Crippen LogP contribution in [0.15, 0.2) is 0 Å². The number of alkyl carbamates (subject to hydrolysis) is 1. The zero-order valence-electron chi connectivity index (χ0n) is 13.1. The fourth-order valence-electron chi connectivity index (χ4n) is 2.49. The first-order chi connectivity index (χ1) is 9.22. The molecule has 20 heavy (non-hydrogen) atoms. The number of ether oxygens (including phenoxy) is 2. The summed E-state index contributed by atoms with van der Waals surface area (Å²) in [5.74, 6) is -0.373. The van der Waals surface area contributed by atoms with E-state index >= 15 is 0 Å². The Labute approximate surface area is 121 Å².